The fraction of sp³-hybridized carbons (Fsp3) is 0.400. The third-order valence-electron chi connectivity index (χ3n) is 3.35. The fourth-order valence-electron chi connectivity index (χ4n) is 2.13. The Balaban J connectivity index is 2.29. The van der Waals surface area contributed by atoms with E-state index in [4.69, 9.17) is 4.74 Å². The molecule has 0 amide bonds. The van der Waals surface area contributed by atoms with Crippen molar-refractivity contribution in [2.75, 3.05) is 19.0 Å². The van der Waals surface area contributed by atoms with E-state index in [2.05, 4.69) is 24.1 Å². The van der Waals surface area contributed by atoms with Gasteiger partial charge in [-0.25, -0.2) is 4.98 Å². The van der Waals surface area contributed by atoms with Crippen LogP contribution >= 0.6 is 0 Å². The summed E-state index contributed by atoms with van der Waals surface area (Å²) in [6, 6.07) is 7.26. The number of methoxy groups -OCH3 is 1. The van der Waals surface area contributed by atoms with E-state index in [9.17, 15) is 10.0 Å². The highest BCUT2D eigenvalue weighted by Gasteiger charge is 2.18. The molecule has 112 valence electrons. The molecule has 6 heteroatoms. The van der Waals surface area contributed by atoms with Crippen molar-refractivity contribution in [1.29, 1.82) is 0 Å². The number of pyridine rings is 1. The second kappa shape index (κ2) is 6.78. The fourth-order valence-corrected chi connectivity index (χ4v) is 2.13. The molecule has 0 unspecified atom stereocenters. The maximum atomic E-state index is 9.40. The molecule has 2 aromatic rings. The predicted molar refractivity (Wildman–Crippen MR) is 86.1 cm³/mol. The lowest BCUT2D eigenvalue weighted by Crippen LogP contribution is -2.31. The number of nitrogens with one attached hydrogen (secondary N) is 1. The normalized spacial score (nSPS) is 11.0. The first kappa shape index (κ1) is 15.6. The Morgan fingerprint density at radius 3 is 2.67 bits per heavy atom. The van der Waals surface area contributed by atoms with Crippen LogP contribution in [0.25, 0.3) is 10.9 Å². The lowest BCUT2D eigenvalue weighted by molar-refractivity contribution is 0.403. The van der Waals surface area contributed by atoms with E-state index in [1.165, 1.54) is 7.11 Å². The summed E-state index contributed by atoms with van der Waals surface area (Å²) in [7, 11) is -0.0776. The number of benzene rings is 1. The molecule has 21 heavy (non-hydrogen) atoms. The highest BCUT2D eigenvalue weighted by Crippen LogP contribution is 2.20. The second-order valence-corrected chi connectivity index (χ2v) is 5.47. The van der Waals surface area contributed by atoms with E-state index in [1.807, 2.05) is 12.1 Å². The maximum Gasteiger partial charge on any atom is 0.492 e. The van der Waals surface area contributed by atoms with Gasteiger partial charge < -0.3 is 20.1 Å². The summed E-state index contributed by atoms with van der Waals surface area (Å²) in [6.07, 6.45) is 1.07. The van der Waals surface area contributed by atoms with Gasteiger partial charge in [-0.1, -0.05) is 13.8 Å². The van der Waals surface area contributed by atoms with Crippen LogP contribution in [0, 0.1) is 5.92 Å². The van der Waals surface area contributed by atoms with Crippen LogP contribution in [0.2, 0.25) is 0 Å². The van der Waals surface area contributed by atoms with Gasteiger partial charge in [0.1, 0.15) is 11.6 Å². The quantitative estimate of drug-likeness (QED) is 0.700. The van der Waals surface area contributed by atoms with Gasteiger partial charge in [-0.05, 0) is 36.6 Å². The van der Waals surface area contributed by atoms with Gasteiger partial charge >= 0.3 is 7.12 Å². The molecular weight excluding hydrogens is 267 g/mol. The Morgan fingerprint density at radius 2 is 2.05 bits per heavy atom. The first-order valence-electron chi connectivity index (χ1n) is 7.10. The Morgan fingerprint density at radius 1 is 1.29 bits per heavy atom. The summed E-state index contributed by atoms with van der Waals surface area (Å²) in [5.74, 6) is 1.87. The number of hydrogen-bond donors (Lipinski definition) is 3. The summed E-state index contributed by atoms with van der Waals surface area (Å²) in [6.45, 7) is 5.22. The van der Waals surface area contributed by atoms with Crippen LogP contribution in [0.4, 0.5) is 5.82 Å². The van der Waals surface area contributed by atoms with Gasteiger partial charge in [0, 0.05) is 17.4 Å². The average Bonchev–Trinajstić information content (AvgIpc) is 2.45. The minimum Gasteiger partial charge on any atom is -0.497 e. The molecule has 0 saturated carbocycles. The summed E-state index contributed by atoms with van der Waals surface area (Å²) >= 11 is 0. The zero-order valence-corrected chi connectivity index (χ0v) is 12.6. The largest absolute Gasteiger partial charge is 0.497 e. The molecule has 0 aliphatic heterocycles. The van der Waals surface area contributed by atoms with Crippen molar-refractivity contribution in [3.8, 4) is 5.75 Å². The van der Waals surface area contributed by atoms with E-state index >= 15 is 0 Å². The number of fused-ring (bicyclic) bond motifs is 1. The van der Waals surface area contributed by atoms with Gasteiger partial charge in [0.25, 0.3) is 0 Å². The lowest BCUT2D eigenvalue weighted by Gasteiger charge is -2.11. The van der Waals surface area contributed by atoms with Crippen LogP contribution in [0.1, 0.15) is 20.3 Å². The van der Waals surface area contributed by atoms with Crippen molar-refractivity contribution in [2.45, 2.75) is 20.3 Å². The number of hydrogen-bond acceptors (Lipinski definition) is 5. The minimum absolute atomic E-state index is 0.317. The molecule has 0 saturated heterocycles. The molecule has 0 bridgehead atoms. The molecule has 0 aliphatic carbocycles. The maximum absolute atomic E-state index is 9.40. The molecule has 3 N–H and O–H groups in total. The Kier molecular flexibility index (Phi) is 5.04. The lowest BCUT2D eigenvalue weighted by atomic mass is 9.79. The van der Waals surface area contributed by atoms with Crippen LogP contribution < -0.4 is 15.5 Å². The highest BCUT2D eigenvalue weighted by molar-refractivity contribution is 6.60. The molecular formula is C15H21BN2O3. The molecule has 5 nitrogen and oxygen atoms in total. The van der Waals surface area contributed by atoms with Gasteiger partial charge in [0.15, 0.2) is 0 Å². The minimum atomic E-state index is -1.58. The molecule has 2 rings (SSSR count). The summed E-state index contributed by atoms with van der Waals surface area (Å²) in [4.78, 5) is 4.50. The third kappa shape index (κ3) is 3.86. The van der Waals surface area contributed by atoms with E-state index in [1.54, 1.807) is 12.1 Å². The molecule has 1 aromatic carbocycles. The predicted octanol–water partition coefficient (Wildman–Crippen LogP) is 1.38. The van der Waals surface area contributed by atoms with Crippen LogP contribution in [0.5, 0.6) is 5.75 Å². The van der Waals surface area contributed by atoms with Gasteiger partial charge in [-0.2, -0.15) is 0 Å². The van der Waals surface area contributed by atoms with Crippen molar-refractivity contribution in [3.05, 3.63) is 24.3 Å². The zero-order chi connectivity index (χ0) is 15.4. The Bertz CT molecular complexity index is 617. The molecule has 0 fully saturated rings. The van der Waals surface area contributed by atoms with E-state index in [0.29, 0.717) is 22.6 Å². The van der Waals surface area contributed by atoms with Crippen molar-refractivity contribution in [3.63, 3.8) is 0 Å². The van der Waals surface area contributed by atoms with Crippen LogP contribution in [0.3, 0.4) is 0 Å². The van der Waals surface area contributed by atoms with Crippen LogP contribution in [-0.2, 0) is 0 Å². The van der Waals surface area contributed by atoms with Crippen LogP contribution in [0.15, 0.2) is 24.3 Å². The molecule has 0 aliphatic rings. The summed E-state index contributed by atoms with van der Waals surface area (Å²) < 4.78 is 5.17. The smallest absolute Gasteiger partial charge is 0.492 e. The second-order valence-electron chi connectivity index (χ2n) is 5.47. The molecule has 0 atom stereocenters. The van der Waals surface area contributed by atoms with Crippen molar-refractivity contribution >= 4 is 29.3 Å². The van der Waals surface area contributed by atoms with Crippen molar-refractivity contribution in [1.82, 2.24) is 4.98 Å². The Labute approximate surface area is 125 Å². The first-order valence-corrected chi connectivity index (χ1v) is 7.10. The van der Waals surface area contributed by atoms with Crippen molar-refractivity contribution < 1.29 is 14.8 Å². The third-order valence-corrected chi connectivity index (χ3v) is 3.35. The topological polar surface area (TPSA) is 74.6 Å². The van der Waals surface area contributed by atoms with E-state index in [0.717, 1.165) is 24.2 Å². The number of ether oxygens (including phenoxy) is 1. The number of nitrogens with zero attached hydrogens (tertiary/aromatic N) is 1. The van der Waals surface area contributed by atoms with Gasteiger partial charge in [0.2, 0.25) is 0 Å². The standard InChI is InChI=1S/C15H21BN2O3/c1-10(2)6-7-17-15-5-4-11-8-14(21-3)12(16(19)20)9-13(11)18-15/h4-5,8-10,19-20H,6-7H2,1-3H3,(H,17,18). The van der Waals surface area contributed by atoms with E-state index in [-0.39, 0.29) is 0 Å². The molecule has 1 aromatic heterocycles. The highest BCUT2D eigenvalue weighted by atomic mass is 16.5. The Hall–Kier alpha value is -1.79. The van der Waals surface area contributed by atoms with Gasteiger partial charge in [0.05, 0.1) is 12.6 Å². The van der Waals surface area contributed by atoms with Gasteiger partial charge in [-0.15, -0.1) is 0 Å². The van der Waals surface area contributed by atoms with E-state index < -0.39 is 7.12 Å². The average molecular weight is 288 g/mol. The summed E-state index contributed by atoms with van der Waals surface area (Å²) in [5.41, 5.74) is 1.02. The first-order chi connectivity index (χ1) is 10.0. The monoisotopic (exact) mass is 288 g/mol. The molecule has 1 heterocycles. The SMILES string of the molecule is COc1cc2ccc(NCCC(C)C)nc2cc1B(O)O. The number of aromatic nitrogens is 1. The molecule has 0 radical (unpaired) electrons. The number of rotatable bonds is 6. The zero-order valence-electron chi connectivity index (χ0n) is 12.6. The molecule has 0 spiro atoms. The van der Waals surface area contributed by atoms with Gasteiger partial charge in [-0.3, -0.25) is 0 Å². The van der Waals surface area contributed by atoms with Crippen molar-refractivity contribution in [2.24, 2.45) is 5.92 Å². The number of anilines is 1. The summed E-state index contributed by atoms with van der Waals surface area (Å²) in [5, 5.41) is 23.0. The van der Waals surface area contributed by atoms with Crippen LogP contribution in [-0.4, -0.2) is 35.8 Å².